The molecule has 0 unspecified atom stereocenters. The van der Waals surface area contributed by atoms with Crippen LogP contribution in [0.1, 0.15) is 6.92 Å². The molecule has 1 amide bonds. The maximum absolute atomic E-state index is 13.3. The van der Waals surface area contributed by atoms with Crippen LogP contribution in [0, 0.1) is 5.82 Å². The van der Waals surface area contributed by atoms with E-state index in [9.17, 15) is 9.18 Å². The van der Waals surface area contributed by atoms with Gasteiger partial charge in [-0.1, -0.05) is 24.6 Å². The highest BCUT2D eigenvalue weighted by Gasteiger charge is 2.08. The van der Waals surface area contributed by atoms with Crippen molar-refractivity contribution in [3.05, 3.63) is 29.0 Å². The number of likely N-dealkylation sites (N-methyl/N-ethyl adjacent to an activating group) is 1. The summed E-state index contributed by atoms with van der Waals surface area (Å²) in [5.74, 6) is -0.901. The number of anilines is 1. The molecule has 0 aliphatic carbocycles. The number of rotatable bonds is 4. The van der Waals surface area contributed by atoms with Gasteiger partial charge in [0.1, 0.15) is 0 Å². The van der Waals surface area contributed by atoms with E-state index in [1.807, 2.05) is 6.92 Å². The van der Waals surface area contributed by atoms with Gasteiger partial charge >= 0.3 is 0 Å². The summed E-state index contributed by atoms with van der Waals surface area (Å²) in [4.78, 5) is 11.3. The molecule has 0 atom stereocenters. The minimum Gasteiger partial charge on any atom is -0.322 e. The number of amides is 1. The van der Waals surface area contributed by atoms with Crippen molar-refractivity contribution in [1.29, 1.82) is 0 Å². The zero-order valence-electron chi connectivity index (χ0n) is 8.31. The molecule has 82 valence electrons. The van der Waals surface area contributed by atoms with E-state index in [1.165, 1.54) is 12.1 Å². The third-order valence-electron chi connectivity index (χ3n) is 1.76. The molecule has 0 saturated heterocycles. The van der Waals surface area contributed by atoms with E-state index < -0.39 is 5.82 Å². The SMILES string of the molecule is CCNCC(=O)Nc1cccc(Cl)c1F. The molecule has 1 aromatic rings. The van der Waals surface area contributed by atoms with Gasteiger partial charge in [-0.2, -0.15) is 0 Å². The standard InChI is InChI=1S/C10H12ClFN2O/c1-2-13-6-9(15)14-8-5-3-4-7(11)10(8)12/h3-5,13H,2,6H2,1H3,(H,14,15). The van der Waals surface area contributed by atoms with Gasteiger partial charge in [0.05, 0.1) is 17.3 Å². The Kier molecular flexibility index (Phi) is 4.52. The fourth-order valence-electron chi connectivity index (χ4n) is 1.03. The first kappa shape index (κ1) is 11.9. The highest BCUT2D eigenvalue weighted by atomic mass is 35.5. The first-order chi connectivity index (χ1) is 7.15. The highest BCUT2D eigenvalue weighted by molar-refractivity contribution is 6.31. The van der Waals surface area contributed by atoms with Crippen LogP contribution < -0.4 is 10.6 Å². The summed E-state index contributed by atoms with van der Waals surface area (Å²) in [7, 11) is 0. The van der Waals surface area contributed by atoms with E-state index in [4.69, 9.17) is 11.6 Å². The summed E-state index contributed by atoms with van der Waals surface area (Å²) in [6.07, 6.45) is 0. The molecule has 0 saturated carbocycles. The molecule has 0 fully saturated rings. The predicted octanol–water partition coefficient (Wildman–Crippen LogP) is 2.03. The van der Waals surface area contributed by atoms with E-state index in [0.29, 0.717) is 6.54 Å². The third-order valence-corrected chi connectivity index (χ3v) is 2.05. The van der Waals surface area contributed by atoms with Gasteiger partial charge in [-0.05, 0) is 18.7 Å². The number of hydrogen-bond donors (Lipinski definition) is 2. The molecule has 1 aromatic carbocycles. The van der Waals surface area contributed by atoms with Crippen LogP contribution in [0.5, 0.6) is 0 Å². The van der Waals surface area contributed by atoms with Crippen molar-refractivity contribution >= 4 is 23.2 Å². The third kappa shape index (κ3) is 3.49. The van der Waals surface area contributed by atoms with Gasteiger partial charge in [0.15, 0.2) is 5.82 Å². The number of hydrogen-bond acceptors (Lipinski definition) is 2. The molecule has 0 spiro atoms. The number of nitrogens with one attached hydrogen (secondary N) is 2. The van der Waals surface area contributed by atoms with Gasteiger partial charge in [0.25, 0.3) is 0 Å². The maximum atomic E-state index is 13.3. The zero-order chi connectivity index (χ0) is 11.3. The van der Waals surface area contributed by atoms with Crippen molar-refractivity contribution in [2.24, 2.45) is 0 Å². The Balaban J connectivity index is 2.64. The van der Waals surface area contributed by atoms with Crippen LogP contribution in [0.3, 0.4) is 0 Å². The molecule has 15 heavy (non-hydrogen) atoms. The Morgan fingerprint density at radius 2 is 2.27 bits per heavy atom. The van der Waals surface area contributed by atoms with Crippen LogP contribution in [-0.2, 0) is 4.79 Å². The lowest BCUT2D eigenvalue weighted by Gasteiger charge is -2.07. The Morgan fingerprint density at radius 1 is 1.53 bits per heavy atom. The van der Waals surface area contributed by atoms with Crippen LogP contribution in [0.25, 0.3) is 0 Å². The van der Waals surface area contributed by atoms with E-state index in [-0.39, 0.29) is 23.2 Å². The Morgan fingerprint density at radius 3 is 2.93 bits per heavy atom. The van der Waals surface area contributed by atoms with Gasteiger partial charge < -0.3 is 10.6 Å². The highest BCUT2D eigenvalue weighted by Crippen LogP contribution is 2.21. The maximum Gasteiger partial charge on any atom is 0.238 e. The van der Waals surface area contributed by atoms with E-state index in [0.717, 1.165) is 0 Å². The largest absolute Gasteiger partial charge is 0.322 e. The number of halogens is 2. The monoisotopic (exact) mass is 230 g/mol. The fourth-order valence-corrected chi connectivity index (χ4v) is 1.21. The average Bonchev–Trinajstić information content (AvgIpc) is 2.22. The second-order valence-corrected chi connectivity index (χ2v) is 3.34. The normalized spacial score (nSPS) is 10.1. The summed E-state index contributed by atoms with van der Waals surface area (Å²) in [6, 6.07) is 4.47. The van der Waals surface area contributed by atoms with Crippen LogP contribution in [0.2, 0.25) is 5.02 Å². The summed E-state index contributed by atoms with van der Waals surface area (Å²) in [6.45, 7) is 2.72. The first-order valence-corrected chi connectivity index (χ1v) is 4.97. The molecule has 1 rings (SSSR count). The summed E-state index contributed by atoms with van der Waals surface area (Å²) in [5, 5.41) is 5.26. The molecule has 3 nitrogen and oxygen atoms in total. The predicted molar refractivity (Wildman–Crippen MR) is 58.6 cm³/mol. The Hall–Kier alpha value is -1.13. The van der Waals surface area contributed by atoms with E-state index in [2.05, 4.69) is 10.6 Å². The van der Waals surface area contributed by atoms with Gasteiger partial charge in [0.2, 0.25) is 5.91 Å². The molecule has 0 aliphatic rings. The minimum atomic E-state index is -0.607. The second-order valence-electron chi connectivity index (χ2n) is 2.93. The molecule has 2 N–H and O–H groups in total. The van der Waals surface area contributed by atoms with Gasteiger partial charge in [0, 0.05) is 0 Å². The first-order valence-electron chi connectivity index (χ1n) is 4.59. The average molecular weight is 231 g/mol. The van der Waals surface area contributed by atoms with Gasteiger partial charge in [-0.25, -0.2) is 4.39 Å². The molecule has 0 radical (unpaired) electrons. The molecule has 0 bridgehead atoms. The lowest BCUT2D eigenvalue weighted by Crippen LogP contribution is -2.28. The zero-order valence-corrected chi connectivity index (χ0v) is 9.07. The summed E-state index contributed by atoms with van der Waals surface area (Å²) < 4.78 is 13.3. The van der Waals surface area contributed by atoms with Crippen molar-refractivity contribution < 1.29 is 9.18 Å². The second kappa shape index (κ2) is 5.68. The van der Waals surface area contributed by atoms with Crippen molar-refractivity contribution in [3.63, 3.8) is 0 Å². The summed E-state index contributed by atoms with van der Waals surface area (Å²) >= 11 is 5.56. The van der Waals surface area contributed by atoms with E-state index >= 15 is 0 Å². The van der Waals surface area contributed by atoms with Crippen molar-refractivity contribution in [2.45, 2.75) is 6.92 Å². The quantitative estimate of drug-likeness (QED) is 0.831. The minimum absolute atomic E-state index is 0.00347. The smallest absolute Gasteiger partial charge is 0.238 e. The molecule has 0 aliphatic heterocycles. The number of carbonyl (C=O) groups is 1. The summed E-state index contributed by atoms with van der Waals surface area (Å²) in [5.41, 5.74) is 0.102. The lowest BCUT2D eigenvalue weighted by molar-refractivity contribution is -0.115. The van der Waals surface area contributed by atoms with Gasteiger partial charge in [-0.3, -0.25) is 4.79 Å². The molecular weight excluding hydrogens is 219 g/mol. The molecule has 5 heteroatoms. The lowest BCUT2D eigenvalue weighted by atomic mass is 10.3. The molecule has 0 aromatic heterocycles. The van der Waals surface area contributed by atoms with Crippen LogP contribution >= 0.6 is 11.6 Å². The number of benzene rings is 1. The molecule has 0 heterocycles. The van der Waals surface area contributed by atoms with Crippen molar-refractivity contribution in [2.75, 3.05) is 18.4 Å². The Labute approximate surface area is 92.6 Å². The van der Waals surface area contributed by atoms with E-state index in [1.54, 1.807) is 6.07 Å². The van der Waals surface area contributed by atoms with Crippen LogP contribution in [0.4, 0.5) is 10.1 Å². The Bertz CT molecular complexity index is 357. The fraction of sp³-hybridized carbons (Fsp3) is 0.300. The topological polar surface area (TPSA) is 41.1 Å². The number of carbonyl (C=O) groups excluding carboxylic acids is 1. The van der Waals surface area contributed by atoms with Crippen molar-refractivity contribution in [1.82, 2.24) is 5.32 Å². The van der Waals surface area contributed by atoms with Crippen LogP contribution in [-0.4, -0.2) is 19.0 Å². The molecular formula is C10H12ClFN2O. The van der Waals surface area contributed by atoms with Crippen LogP contribution in [0.15, 0.2) is 18.2 Å². The van der Waals surface area contributed by atoms with Gasteiger partial charge in [-0.15, -0.1) is 0 Å². The van der Waals surface area contributed by atoms with Crippen molar-refractivity contribution in [3.8, 4) is 0 Å².